The summed E-state index contributed by atoms with van der Waals surface area (Å²) >= 11 is 0. The summed E-state index contributed by atoms with van der Waals surface area (Å²) in [6.07, 6.45) is 1.41. The number of nitro benzene ring substituents is 1. The Morgan fingerprint density at radius 1 is 1.39 bits per heavy atom. The fourth-order valence-corrected chi connectivity index (χ4v) is 1.29. The van der Waals surface area contributed by atoms with E-state index in [-0.39, 0.29) is 16.8 Å². The molecule has 0 bridgehead atoms. The van der Waals surface area contributed by atoms with Crippen molar-refractivity contribution in [2.24, 2.45) is 0 Å². The molecule has 18 heavy (non-hydrogen) atoms. The Hall–Kier alpha value is -2.68. The lowest BCUT2D eigenvalue weighted by Gasteiger charge is -2.05. The van der Waals surface area contributed by atoms with E-state index in [1.165, 1.54) is 30.5 Å². The van der Waals surface area contributed by atoms with Gasteiger partial charge in [-0.15, -0.1) is 0 Å². The van der Waals surface area contributed by atoms with Crippen LogP contribution >= 0.6 is 0 Å². The first-order valence-corrected chi connectivity index (χ1v) is 5.03. The van der Waals surface area contributed by atoms with Crippen molar-refractivity contribution in [1.82, 2.24) is 4.90 Å². The van der Waals surface area contributed by atoms with E-state index in [0.717, 1.165) is 0 Å². The van der Waals surface area contributed by atoms with Gasteiger partial charge in [-0.1, -0.05) is 0 Å². The second kappa shape index (κ2) is 5.59. The minimum Gasteiger partial charge on any atom is -0.382 e. The predicted molar refractivity (Wildman–Crippen MR) is 64.8 cm³/mol. The van der Waals surface area contributed by atoms with Gasteiger partial charge in [0.15, 0.2) is 0 Å². The van der Waals surface area contributed by atoms with Crippen molar-refractivity contribution in [3.05, 3.63) is 51.7 Å². The number of allylic oxidation sites excluding steroid dienone is 1. The average Bonchev–Trinajstić information content (AvgIpc) is 2.35. The van der Waals surface area contributed by atoms with Gasteiger partial charge in [0, 0.05) is 38.0 Å². The van der Waals surface area contributed by atoms with Crippen LogP contribution in [0.1, 0.15) is 10.4 Å². The van der Waals surface area contributed by atoms with Crippen LogP contribution in [-0.4, -0.2) is 29.7 Å². The Labute approximate surface area is 104 Å². The molecule has 1 rings (SSSR count). The molecule has 0 saturated carbocycles. The fraction of sp³-hybridized carbons (Fsp3) is 0.167. The first-order valence-electron chi connectivity index (χ1n) is 5.03. The summed E-state index contributed by atoms with van der Waals surface area (Å²) < 4.78 is 0. The number of ketones is 1. The van der Waals surface area contributed by atoms with E-state index < -0.39 is 10.7 Å². The highest BCUT2D eigenvalue weighted by Gasteiger charge is 2.14. The standard InChI is InChI=1S/C12H11N3O3/c1-14(2)8-10(7-13)12(16)9-3-5-11(6-4-9)15(17)18/h3-6,8H,1-2H3. The van der Waals surface area contributed by atoms with Crippen molar-refractivity contribution >= 4 is 11.5 Å². The molecule has 0 heterocycles. The molecule has 0 unspecified atom stereocenters. The molecule has 0 aliphatic rings. The summed E-state index contributed by atoms with van der Waals surface area (Å²) in [6, 6.07) is 6.94. The summed E-state index contributed by atoms with van der Waals surface area (Å²) in [5.41, 5.74) is 0.130. The second-order valence-corrected chi connectivity index (χ2v) is 3.75. The van der Waals surface area contributed by atoms with Crippen LogP contribution in [0.25, 0.3) is 0 Å². The molecule has 6 nitrogen and oxygen atoms in total. The third kappa shape index (κ3) is 3.15. The van der Waals surface area contributed by atoms with Gasteiger partial charge in [0.2, 0.25) is 5.78 Å². The molecule has 0 spiro atoms. The van der Waals surface area contributed by atoms with Crippen LogP contribution in [0.2, 0.25) is 0 Å². The minimum atomic E-state index is -0.547. The topological polar surface area (TPSA) is 87.2 Å². The Kier molecular flexibility index (Phi) is 4.16. The van der Waals surface area contributed by atoms with E-state index in [1.807, 2.05) is 0 Å². The molecule has 0 saturated heterocycles. The lowest BCUT2D eigenvalue weighted by atomic mass is 10.0. The molecule has 0 aliphatic heterocycles. The largest absolute Gasteiger partial charge is 0.382 e. The third-order valence-electron chi connectivity index (χ3n) is 2.09. The van der Waals surface area contributed by atoms with Gasteiger partial charge in [-0.05, 0) is 12.1 Å². The molecule has 0 amide bonds. The van der Waals surface area contributed by atoms with Crippen LogP contribution < -0.4 is 0 Å². The van der Waals surface area contributed by atoms with E-state index in [0.29, 0.717) is 0 Å². The van der Waals surface area contributed by atoms with Crippen molar-refractivity contribution in [3.63, 3.8) is 0 Å². The van der Waals surface area contributed by atoms with Crippen molar-refractivity contribution < 1.29 is 9.72 Å². The zero-order chi connectivity index (χ0) is 13.7. The molecule has 0 atom stereocenters. The lowest BCUT2D eigenvalue weighted by Crippen LogP contribution is -2.08. The van der Waals surface area contributed by atoms with E-state index in [4.69, 9.17) is 5.26 Å². The summed E-state index contributed by atoms with van der Waals surface area (Å²) in [5.74, 6) is -0.457. The molecule has 0 radical (unpaired) electrons. The van der Waals surface area contributed by atoms with Gasteiger partial charge in [-0.3, -0.25) is 14.9 Å². The molecule has 92 valence electrons. The van der Waals surface area contributed by atoms with Crippen molar-refractivity contribution in [3.8, 4) is 6.07 Å². The number of nitro groups is 1. The van der Waals surface area contributed by atoms with Crippen molar-refractivity contribution in [1.29, 1.82) is 5.26 Å². The van der Waals surface area contributed by atoms with E-state index in [9.17, 15) is 14.9 Å². The minimum absolute atomic E-state index is 0.0196. The molecule has 0 aliphatic carbocycles. The van der Waals surface area contributed by atoms with Crippen LogP contribution in [0.5, 0.6) is 0 Å². The maximum absolute atomic E-state index is 11.9. The van der Waals surface area contributed by atoms with E-state index in [1.54, 1.807) is 25.1 Å². The van der Waals surface area contributed by atoms with Crippen LogP contribution in [0.15, 0.2) is 36.0 Å². The monoisotopic (exact) mass is 245 g/mol. The summed E-state index contributed by atoms with van der Waals surface area (Å²) in [6.45, 7) is 0. The summed E-state index contributed by atoms with van der Waals surface area (Å²) in [4.78, 5) is 23.4. The maximum Gasteiger partial charge on any atom is 0.269 e. The molecular formula is C12H11N3O3. The Morgan fingerprint density at radius 3 is 2.33 bits per heavy atom. The fourth-order valence-electron chi connectivity index (χ4n) is 1.29. The quantitative estimate of drug-likeness (QED) is 0.265. The van der Waals surface area contributed by atoms with Gasteiger partial charge in [0.05, 0.1) is 4.92 Å². The van der Waals surface area contributed by atoms with Gasteiger partial charge in [0.1, 0.15) is 11.6 Å². The number of nitrogens with zero attached hydrogens (tertiary/aromatic N) is 3. The zero-order valence-corrected chi connectivity index (χ0v) is 9.95. The highest BCUT2D eigenvalue weighted by molar-refractivity contribution is 6.11. The molecule has 1 aromatic rings. The van der Waals surface area contributed by atoms with Crippen LogP contribution in [-0.2, 0) is 0 Å². The van der Waals surface area contributed by atoms with Gasteiger partial charge >= 0.3 is 0 Å². The predicted octanol–water partition coefficient (Wildman–Crippen LogP) is 1.75. The van der Waals surface area contributed by atoms with Crippen LogP contribution in [0.4, 0.5) is 5.69 Å². The van der Waals surface area contributed by atoms with Crippen molar-refractivity contribution in [2.75, 3.05) is 14.1 Å². The first kappa shape index (κ1) is 13.4. The number of carbonyl (C=O) groups is 1. The molecule has 6 heteroatoms. The lowest BCUT2D eigenvalue weighted by molar-refractivity contribution is -0.384. The number of hydrogen-bond acceptors (Lipinski definition) is 5. The van der Waals surface area contributed by atoms with Gasteiger partial charge in [-0.2, -0.15) is 5.26 Å². The number of benzene rings is 1. The number of Topliss-reactive ketones (excluding diaryl/α,β-unsaturated/α-hetero) is 1. The molecule has 0 aromatic heterocycles. The van der Waals surface area contributed by atoms with E-state index in [2.05, 4.69) is 0 Å². The first-order chi connectivity index (χ1) is 8.45. The Morgan fingerprint density at radius 2 is 1.94 bits per heavy atom. The van der Waals surface area contributed by atoms with Crippen LogP contribution in [0, 0.1) is 21.4 Å². The second-order valence-electron chi connectivity index (χ2n) is 3.75. The number of nitriles is 1. The summed E-state index contributed by atoms with van der Waals surface area (Å²) in [7, 11) is 3.39. The highest BCUT2D eigenvalue weighted by Crippen LogP contribution is 2.14. The van der Waals surface area contributed by atoms with E-state index >= 15 is 0 Å². The number of carbonyl (C=O) groups excluding carboxylic acids is 1. The molecule has 0 N–H and O–H groups in total. The Balaban J connectivity index is 3.04. The molecular weight excluding hydrogens is 234 g/mol. The normalized spacial score (nSPS) is 10.6. The summed E-state index contributed by atoms with van der Waals surface area (Å²) in [5, 5.41) is 19.3. The maximum atomic E-state index is 11.9. The smallest absolute Gasteiger partial charge is 0.269 e. The molecule has 0 fully saturated rings. The Bertz CT molecular complexity index is 539. The molecule has 1 aromatic carbocycles. The van der Waals surface area contributed by atoms with Gasteiger partial charge in [0.25, 0.3) is 5.69 Å². The highest BCUT2D eigenvalue weighted by atomic mass is 16.6. The van der Waals surface area contributed by atoms with Gasteiger partial charge < -0.3 is 4.90 Å². The van der Waals surface area contributed by atoms with Crippen molar-refractivity contribution in [2.45, 2.75) is 0 Å². The SMILES string of the molecule is CN(C)C=C(C#N)C(=O)c1ccc([N+](=O)[O-])cc1. The number of non-ortho nitro benzene ring substituents is 1. The van der Waals surface area contributed by atoms with Gasteiger partial charge in [-0.25, -0.2) is 0 Å². The zero-order valence-electron chi connectivity index (χ0n) is 9.95. The van der Waals surface area contributed by atoms with Crippen LogP contribution in [0.3, 0.4) is 0 Å². The number of hydrogen-bond donors (Lipinski definition) is 0. The number of rotatable bonds is 4. The average molecular weight is 245 g/mol. The third-order valence-corrected chi connectivity index (χ3v) is 2.09.